The number of rotatable bonds is 3. The molecule has 1 heterocycles. The molecular formula is C13H10BrClF2N2. The van der Waals surface area contributed by atoms with Gasteiger partial charge in [-0.25, -0.2) is 13.8 Å². The Morgan fingerprint density at radius 3 is 2.53 bits per heavy atom. The molecule has 2 rings (SSSR count). The van der Waals surface area contributed by atoms with Gasteiger partial charge in [0.1, 0.15) is 16.8 Å². The fourth-order valence-electron chi connectivity index (χ4n) is 1.75. The maximum Gasteiger partial charge on any atom is 0.143 e. The van der Waals surface area contributed by atoms with Gasteiger partial charge in [0.25, 0.3) is 0 Å². The van der Waals surface area contributed by atoms with E-state index in [1.165, 1.54) is 24.4 Å². The Balaban J connectivity index is 2.25. The molecular weight excluding hydrogens is 338 g/mol. The van der Waals surface area contributed by atoms with Crippen LogP contribution in [0.2, 0.25) is 5.15 Å². The van der Waals surface area contributed by atoms with Gasteiger partial charge in [-0.05, 0) is 41.1 Å². The van der Waals surface area contributed by atoms with Crippen molar-refractivity contribution in [3.8, 4) is 0 Å². The van der Waals surface area contributed by atoms with E-state index in [9.17, 15) is 8.78 Å². The Labute approximate surface area is 122 Å². The Morgan fingerprint density at radius 1 is 1.32 bits per heavy atom. The van der Waals surface area contributed by atoms with Crippen molar-refractivity contribution in [2.75, 3.05) is 5.32 Å². The van der Waals surface area contributed by atoms with Crippen LogP contribution in [0, 0.1) is 11.6 Å². The summed E-state index contributed by atoms with van der Waals surface area (Å²) in [5.41, 5.74) is 0.611. The summed E-state index contributed by atoms with van der Waals surface area (Å²) in [5, 5.41) is 3.31. The van der Waals surface area contributed by atoms with E-state index in [0.29, 0.717) is 15.3 Å². The average molecular weight is 348 g/mol. The first-order chi connectivity index (χ1) is 8.99. The topological polar surface area (TPSA) is 24.9 Å². The molecule has 1 N–H and O–H groups in total. The van der Waals surface area contributed by atoms with E-state index in [1.54, 1.807) is 13.0 Å². The van der Waals surface area contributed by atoms with Crippen LogP contribution in [0.3, 0.4) is 0 Å². The van der Waals surface area contributed by atoms with Crippen molar-refractivity contribution in [3.63, 3.8) is 0 Å². The molecule has 2 nitrogen and oxygen atoms in total. The average Bonchev–Trinajstić information content (AvgIpc) is 2.33. The maximum absolute atomic E-state index is 13.6. The lowest BCUT2D eigenvalue weighted by Crippen LogP contribution is -2.11. The number of pyridine rings is 1. The van der Waals surface area contributed by atoms with Gasteiger partial charge < -0.3 is 5.32 Å². The van der Waals surface area contributed by atoms with Crippen LogP contribution in [-0.2, 0) is 0 Å². The Hall–Kier alpha value is -1.20. The van der Waals surface area contributed by atoms with E-state index < -0.39 is 17.7 Å². The van der Waals surface area contributed by atoms with Crippen LogP contribution >= 0.6 is 27.5 Å². The molecule has 0 fully saturated rings. The lowest BCUT2D eigenvalue weighted by atomic mass is 10.1. The first-order valence-electron chi connectivity index (χ1n) is 5.50. The van der Waals surface area contributed by atoms with Crippen molar-refractivity contribution < 1.29 is 8.78 Å². The van der Waals surface area contributed by atoms with E-state index in [2.05, 4.69) is 26.2 Å². The predicted molar refractivity (Wildman–Crippen MR) is 75.3 cm³/mol. The second kappa shape index (κ2) is 5.84. The van der Waals surface area contributed by atoms with Crippen molar-refractivity contribution in [3.05, 3.63) is 57.3 Å². The molecule has 1 aromatic heterocycles. The highest BCUT2D eigenvalue weighted by Crippen LogP contribution is 2.27. The van der Waals surface area contributed by atoms with Crippen LogP contribution in [0.4, 0.5) is 14.5 Å². The molecule has 0 radical (unpaired) electrons. The zero-order chi connectivity index (χ0) is 14.0. The molecule has 0 aliphatic carbocycles. The monoisotopic (exact) mass is 346 g/mol. The van der Waals surface area contributed by atoms with E-state index in [1.807, 2.05) is 0 Å². The summed E-state index contributed by atoms with van der Waals surface area (Å²) in [6.07, 6.45) is 1.50. The number of nitrogens with one attached hydrogen (secondary N) is 1. The van der Waals surface area contributed by atoms with E-state index in [4.69, 9.17) is 11.6 Å². The lowest BCUT2D eigenvalue weighted by Gasteiger charge is -2.17. The van der Waals surface area contributed by atoms with Gasteiger partial charge in [0.2, 0.25) is 0 Å². The van der Waals surface area contributed by atoms with E-state index in [0.717, 1.165) is 0 Å². The van der Waals surface area contributed by atoms with Crippen molar-refractivity contribution in [2.45, 2.75) is 13.0 Å². The van der Waals surface area contributed by atoms with Crippen LogP contribution < -0.4 is 5.32 Å². The summed E-state index contributed by atoms with van der Waals surface area (Å²) in [6.45, 7) is 1.67. The van der Waals surface area contributed by atoms with Crippen LogP contribution in [0.5, 0.6) is 0 Å². The van der Waals surface area contributed by atoms with Gasteiger partial charge in [-0.1, -0.05) is 17.7 Å². The van der Waals surface area contributed by atoms with Crippen molar-refractivity contribution >= 4 is 33.2 Å². The van der Waals surface area contributed by atoms with Gasteiger partial charge >= 0.3 is 0 Å². The molecule has 0 spiro atoms. The number of benzene rings is 1. The highest BCUT2D eigenvalue weighted by atomic mass is 79.9. The van der Waals surface area contributed by atoms with Gasteiger partial charge in [-0.2, -0.15) is 0 Å². The van der Waals surface area contributed by atoms with Crippen LogP contribution in [0.15, 0.2) is 34.9 Å². The maximum atomic E-state index is 13.6. The van der Waals surface area contributed by atoms with E-state index in [-0.39, 0.29) is 5.56 Å². The molecule has 1 aromatic carbocycles. The molecule has 1 unspecified atom stereocenters. The van der Waals surface area contributed by atoms with Crippen molar-refractivity contribution in [2.24, 2.45) is 0 Å². The van der Waals surface area contributed by atoms with Crippen LogP contribution in [0.1, 0.15) is 18.5 Å². The summed E-state index contributed by atoms with van der Waals surface area (Å²) in [4.78, 5) is 3.94. The fourth-order valence-corrected chi connectivity index (χ4v) is 2.20. The smallest absolute Gasteiger partial charge is 0.143 e. The Bertz CT molecular complexity index is 587. The Morgan fingerprint density at radius 2 is 1.95 bits per heavy atom. The molecule has 100 valence electrons. The first-order valence-corrected chi connectivity index (χ1v) is 6.67. The zero-order valence-electron chi connectivity index (χ0n) is 9.92. The summed E-state index contributed by atoms with van der Waals surface area (Å²) < 4.78 is 27.9. The molecule has 19 heavy (non-hydrogen) atoms. The van der Waals surface area contributed by atoms with Gasteiger partial charge in [0.05, 0.1) is 22.4 Å². The fraction of sp³-hybridized carbons (Fsp3) is 0.154. The molecule has 0 saturated heterocycles. The molecule has 0 aliphatic rings. The third kappa shape index (κ3) is 3.22. The first kappa shape index (κ1) is 14.2. The highest BCUT2D eigenvalue weighted by molar-refractivity contribution is 9.10. The quantitative estimate of drug-likeness (QED) is 0.795. The SMILES string of the molecule is CC(Nc1cnc(Cl)c(Br)c1)c1c(F)cccc1F. The predicted octanol–water partition coefficient (Wildman–Crippen LogP) is 4.95. The van der Waals surface area contributed by atoms with Crippen LogP contribution in [0.25, 0.3) is 0 Å². The molecule has 0 aliphatic heterocycles. The van der Waals surface area contributed by atoms with Crippen LogP contribution in [-0.4, -0.2) is 4.98 Å². The summed E-state index contributed by atoms with van der Waals surface area (Å²) >= 11 is 9.02. The molecule has 1 atom stereocenters. The highest BCUT2D eigenvalue weighted by Gasteiger charge is 2.16. The van der Waals surface area contributed by atoms with Gasteiger partial charge in [-0.3, -0.25) is 0 Å². The molecule has 0 bridgehead atoms. The summed E-state index contributed by atoms with van der Waals surface area (Å²) in [5.74, 6) is -1.16. The second-order valence-corrected chi connectivity index (χ2v) is 5.21. The van der Waals surface area contributed by atoms with Gasteiger partial charge in [0, 0.05) is 5.56 Å². The van der Waals surface area contributed by atoms with Crippen molar-refractivity contribution in [1.82, 2.24) is 4.98 Å². The minimum absolute atomic E-state index is 0.00595. The third-order valence-corrected chi connectivity index (χ3v) is 3.75. The minimum atomic E-state index is -0.582. The number of aromatic nitrogens is 1. The normalized spacial score (nSPS) is 12.3. The van der Waals surface area contributed by atoms with Crippen molar-refractivity contribution in [1.29, 1.82) is 0 Å². The second-order valence-electron chi connectivity index (χ2n) is 4.00. The lowest BCUT2D eigenvalue weighted by molar-refractivity contribution is 0.544. The Kier molecular flexibility index (Phi) is 4.37. The zero-order valence-corrected chi connectivity index (χ0v) is 12.3. The number of anilines is 1. The molecule has 2 aromatic rings. The number of hydrogen-bond donors (Lipinski definition) is 1. The standard InChI is InChI=1S/C13H10BrClF2N2/c1-7(12-10(16)3-2-4-11(12)17)19-8-5-9(14)13(15)18-6-8/h2-7,19H,1H3. The number of halogens is 4. The minimum Gasteiger partial charge on any atom is -0.377 e. The largest absolute Gasteiger partial charge is 0.377 e. The molecule has 0 saturated carbocycles. The summed E-state index contributed by atoms with van der Waals surface area (Å²) in [7, 11) is 0. The number of hydrogen-bond acceptors (Lipinski definition) is 2. The molecule has 0 amide bonds. The summed E-state index contributed by atoms with van der Waals surface area (Å²) in [6, 6.07) is 4.96. The van der Waals surface area contributed by atoms with Gasteiger partial charge in [-0.15, -0.1) is 0 Å². The number of nitrogens with zero attached hydrogens (tertiary/aromatic N) is 1. The molecule has 6 heteroatoms. The third-order valence-electron chi connectivity index (χ3n) is 2.61. The van der Waals surface area contributed by atoms with Gasteiger partial charge in [0.15, 0.2) is 0 Å². The van der Waals surface area contributed by atoms with E-state index >= 15 is 0 Å².